The zero-order valence-corrected chi connectivity index (χ0v) is 9.35. The van der Waals surface area contributed by atoms with Gasteiger partial charge in [-0.1, -0.05) is 25.5 Å². The van der Waals surface area contributed by atoms with Crippen LogP contribution in [0.4, 0.5) is 5.69 Å². The van der Waals surface area contributed by atoms with Gasteiger partial charge in [-0.15, -0.1) is 0 Å². The normalized spacial score (nSPS) is 12.3. The van der Waals surface area contributed by atoms with E-state index < -0.39 is 12.1 Å². The Labute approximate surface area is 95.0 Å². The topological polar surface area (TPSA) is 72.5 Å². The Kier molecular flexibility index (Phi) is 4.79. The van der Waals surface area contributed by atoms with Gasteiger partial charge in [0.2, 0.25) is 0 Å². The Hall–Kier alpha value is -1.55. The summed E-state index contributed by atoms with van der Waals surface area (Å²) in [6.45, 7) is 2.24. The molecule has 3 N–H and O–H groups in total. The highest BCUT2D eigenvalue weighted by molar-refractivity contribution is 5.72. The fourth-order valence-electron chi connectivity index (χ4n) is 1.35. The van der Waals surface area contributed by atoms with Crippen molar-refractivity contribution in [1.82, 2.24) is 0 Å². The van der Waals surface area contributed by atoms with E-state index in [1.165, 1.54) is 0 Å². The van der Waals surface area contributed by atoms with Crippen LogP contribution in [0.15, 0.2) is 24.3 Å². The first-order chi connectivity index (χ1) is 7.63. The third kappa shape index (κ3) is 3.90. The molecule has 0 aliphatic rings. The van der Waals surface area contributed by atoms with E-state index in [-0.39, 0.29) is 0 Å². The Morgan fingerprint density at radius 3 is 2.56 bits per heavy atom. The maximum Gasteiger partial charge on any atom is 0.332 e. The molecule has 1 aromatic carbocycles. The van der Waals surface area contributed by atoms with Gasteiger partial charge in [0.25, 0.3) is 0 Å². The Morgan fingerprint density at radius 1 is 1.44 bits per heavy atom. The smallest absolute Gasteiger partial charge is 0.332 e. The van der Waals surface area contributed by atoms with E-state index in [0.29, 0.717) is 18.7 Å². The molecule has 0 heterocycles. The molecule has 0 aliphatic carbocycles. The van der Waals surface area contributed by atoms with Crippen molar-refractivity contribution >= 4 is 11.7 Å². The van der Waals surface area contributed by atoms with Gasteiger partial charge in [-0.25, -0.2) is 4.79 Å². The molecule has 0 aromatic heterocycles. The number of nitrogen functional groups attached to an aromatic ring is 1. The van der Waals surface area contributed by atoms with E-state index in [9.17, 15) is 4.79 Å². The van der Waals surface area contributed by atoms with E-state index >= 15 is 0 Å². The number of rotatable bonds is 6. The molecular formula is C12H17NO3. The largest absolute Gasteiger partial charge is 0.479 e. The summed E-state index contributed by atoms with van der Waals surface area (Å²) in [6.07, 6.45) is 0.603. The van der Waals surface area contributed by atoms with Gasteiger partial charge in [0.15, 0.2) is 6.10 Å². The molecule has 0 aliphatic heterocycles. The number of carbonyl (C=O) groups is 1. The predicted molar refractivity (Wildman–Crippen MR) is 62.0 cm³/mol. The van der Waals surface area contributed by atoms with Crippen LogP contribution < -0.4 is 5.73 Å². The van der Waals surface area contributed by atoms with Crippen LogP contribution >= 0.6 is 0 Å². The summed E-state index contributed by atoms with van der Waals surface area (Å²) in [6, 6.07) is 7.21. The summed E-state index contributed by atoms with van der Waals surface area (Å²) in [5, 5.41) is 8.88. The number of carboxylic acids is 1. The quantitative estimate of drug-likeness (QED) is 0.724. The molecule has 1 atom stereocenters. The van der Waals surface area contributed by atoms with Gasteiger partial charge < -0.3 is 15.6 Å². The molecule has 0 spiro atoms. The summed E-state index contributed by atoms with van der Waals surface area (Å²) < 4.78 is 5.33. The van der Waals surface area contributed by atoms with Crippen LogP contribution in [0.5, 0.6) is 0 Å². The van der Waals surface area contributed by atoms with E-state index in [1.54, 1.807) is 12.1 Å². The van der Waals surface area contributed by atoms with Crippen LogP contribution in [0.1, 0.15) is 25.3 Å². The fourth-order valence-corrected chi connectivity index (χ4v) is 1.35. The first kappa shape index (κ1) is 12.5. The minimum atomic E-state index is -0.905. The summed E-state index contributed by atoms with van der Waals surface area (Å²) in [7, 11) is 0. The number of hydrogen-bond acceptors (Lipinski definition) is 3. The molecule has 0 saturated heterocycles. The van der Waals surface area contributed by atoms with Crippen LogP contribution in [-0.2, 0) is 16.1 Å². The number of anilines is 1. The van der Waals surface area contributed by atoms with Crippen LogP contribution in [0.25, 0.3) is 0 Å². The lowest BCUT2D eigenvalue weighted by Crippen LogP contribution is -2.23. The van der Waals surface area contributed by atoms with Crippen molar-refractivity contribution in [2.24, 2.45) is 0 Å². The van der Waals surface area contributed by atoms with Crippen molar-refractivity contribution in [1.29, 1.82) is 0 Å². The van der Waals surface area contributed by atoms with Crippen molar-refractivity contribution in [2.45, 2.75) is 32.5 Å². The number of ether oxygens (including phenoxy) is 1. The summed E-state index contributed by atoms with van der Waals surface area (Å²) in [5.41, 5.74) is 7.16. The van der Waals surface area contributed by atoms with E-state index in [1.807, 2.05) is 19.1 Å². The van der Waals surface area contributed by atoms with E-state index in [4.69, 9.17) is 15.6 Å². The molecular weight excluding hydrogens is 206 g/mol. The van der Waals surface area contributed by atoms with Crippen molar-refractivity contribution < 1.29 is 14.6 Å². The molecule has 0 amide bonds. The van der Waals surface area contributed by atoms with Crippen molar-refractivity contribution in [3.63, 3.8) is 0 Å². The Morgan fingerprint density at radius 2 is 2.06 bits per heavy atom. The van der Waals surface area contributed by atoms with Crippen LogP contribution in [0.2, 0.25) is 0 Å². The van der Waals surface area contributed by atoms with Gasteiger partial charge in [0, 0.05) is 5.69 Å². The summed E-state index contributed by atoms with van der Waals surface area (Å²) >= 11 is 0. The third-order valence-electron chi connectivity index (χ3n) is 2.26. The minimum Gasteiger partial charge on any atom is -0.479 e. The number of aliphatic carboxylic acids is 1. The molecule has 1 aromatic rings. The van der Waals surface area contributed by atoms with Gasteiger partial charge in [0.05, 0.1) is 6.61 Å². The highest BCUT2D eigenvalue weighted by Crippen LogP contribution is 2.10. The van der Waals surface area contributed by atoms with Gasteiger partial charge >= 0.3 is 5.97 Å². The molecule has 1 rings (SSSR count). The Bertz CT molecular complexity index is 335. The van der Waals surface area contributed by atoms with Crippen molar-refractivity contribution in [3.05, 3.63) is 29.8 Å². The lowest BCUT2D eigenvalue weighted by Gasteiger charge is -2.12. The number of benzene rings is 1. The molecule has 0 radical (unpaired) electrons. The zero-order valence-electron chi connectivity index (χ0n) is 9.35. The lowest BCUT2D eigenvalue weighted by atomic mass is 10.2. The van der Waals surface area contributed by atoms with Gasteiger partial charge in [-0.05, 0) is 24.1 Å². The second-order valence-corrected chi connectivity index (χ2v) is 3.67. The molecule has 0 saturated carbocycles. The monoisotopic (exact) mass is 223 g/mol. The third-order valence-corrected chi connectivity index (χ3v) is 2.26. The maximum absolute atomic E-state index is 10.8. The van der Waals surface area contributed by atoms with Gasteiger partial charge in [0.1, 0.15) is 0 Å². The highest BCUT2D eigenvalue weighted by Gasteiger charge is 2.16. The standard InChI is InChI=1S/C12H17NO3/c1-2-3-11(12(14)15)16-8-9-4-6-10(13)7-5-9/h4-7,11H,2-3,8,13H2,1H3,(H,14,15). The SMILES string of the molecule is CCCC(OCc1ccc(N)cc1)C(=O)O. The second kappa shape index (κ2) is 6.12. The summed E-state index contributed by atoms with van der Waals surface area (Å²) in [4.78, 5) is 10.8. The molecule has 0 fully saturated rings. The van der Waals surface area contributed by atoms with Gasteiger partial charge in [-0.2, -0.15) is 0 Å². The van der Waals surface area contributed by atoms with Crippen LogP contribution in [0.3, 0.4) is 0 Å². The first-order valence-electron chi connectivity index (χ1n) is 5.32. The molecule has 1 unspecified atom stereocenters. The maximum atomic E-state index is 10.8. The van der Waals surface area contributed by atoms with E-state index in [2.05, 4.69) is 0 Å². The predicted octanol–water partition coefficient (Wildman–Crippen LogP) is 2.04. The number of nitrogens with two attached hydrogens (primary N) is 1. The molecule has 88 valence electrons. The summed E-state index contributed by atoms with van der Waals surface area (Å²) in [5.74, 6) is -0.905. The average molecular weight is 223 g/mol. The van der Waals surface area contributed by atoms with Crippen LogP contribution in [-0.4, -0.2) is 17.2 Å². The zero-order chi connectivity index (χ0) is 12.0. The lowest BCUT2D eigenvalue weighted by molar-refractivity contribution is -0.151. The molecule has 4 heteroatoms. The number of hydrogen-bond donors (Lipinski definition) is 2. The van der Waals surface area contributed by atoms with Crippen LogP contribution in [0, 0.1) is 0 Å². The van der Waals surface area contributed by atoms with Crippen molar-refractivity contribution in [2.75, 3.05) is 5.73 Å². The van der Waals surface area contributed by atoms with Crippen molar-refractivity contribution in [3.8, 4) is 0 Å². The molecule has 4 nitrogen and oxygen atoms in total. The first-order valence-corrected chi connectivity index (χ1v) is 5.32. The van der Waals surface area contributed by atoms with Gasteiger partial charge in [-0.3, -0.25) is 0 Å². The molecule has 0 bridgehead atoms. The van der Waals surface area contributed by atoms with E-state index in [0.717, 1.165) is 12.0 Å². The average Bonchev–Trinajstić information content (AvgIpc) is 2.26. The fraction of sp³-hybridized carbons (Fsp3) is 0.417. The number of carboxylic acid groups (broad SMARTS) is 1. The Balaban J connectivity index is 2.48. The minimum absolute atomic E-state index is 0.303. The second-order valence-electron chi connectivity index (χ2n) is 3.67. The molecule has 16 heavy (non-hydrogen) atoms. The highest BCUT2D eigenvalue weighted by atomic mass is 16.5.